The molecule has 9 heteroatoms. The number of anilines is 1. The second-order valence-electron chi connectivity index (χ2n) is 11.9. The van der Waals surface area contributed by atoms with Crippen LogP contribution < -0.4 is 4.90 Å². The molecule has 2 aromatic heterocycles. The maximum absolute atomic E-state index is 13.0. The Hall–Kier alpha value is -2.91. The summed E-state index contributed by atoms with van der Waals surface area (Å²) < 4.78 is 7.36. The minimum absolute atomic E-state index is 0.0414. The van der Waals surface area contributed by atoms with Gasteiger partial charge in [0, 0.05) is 54.6 Å². The van der Waals surface area contributed by atoms with E-state index in [9.17, 15) is 4.79 Å². The number of carbonyl (C=O) groups excluding carboxylic acids is 1. The number of rotatable bonds is 7. The van der Waals surface area contributed by atoms with Gasteiger partial charge in [0.2, 0.25) is 5.95 Å². The third-order valence-corrected chi connectivity index (χ3v) is 8.72. The van der Waals surface area contributed by atoms with Gasteiger partial charge >= 0.3 is 0 Å². The molecule has 1 saturated heterocycles. The van der Waals surface area contributed by atoms with Crippen molar-refractivity contribution in [1.29, 1.82) is 0 Å². The minimum atomic E-state index is -0.717. The summed E-state index contributed by atoms with van der Waals surface area (Å²) in [6.07, 6.45) is 1.10. The summed E-state index contributed by atoms with van der Waals surface area (Å²) in [4.78, 5) is 32.3. The second-order valence-corrected chi connectivity index (χ2v) is 13.4. The number of hydrogen-bond donors (Lipinski definition) is 0. The molecule has 216 valence electrons. The number of aromatic nitrogens is 3. The normalized spacial score (nSPS) is 15.6. The lowest BCUT2D eigenvalue weighted by atomic mass is 9.90. The van der Waals surface area contributed by atoms with Gasteiger partial charge < -0.3 is 9.64 Å². The monoisotopic (exact) mass is 591 g/mol. The van der Waals surface area contributed by atoms with Gasteiger partial charge in [0.05, 0.1) is 15.8 Å². The SMILES string of the molecule is CC(=O)[C@@H](OC(C)(C)C)c1c(C)cc2nc(-c3ccnc(N4CCN(C(C)C)CC4)n3)sc2c1-c1ccc(Cl)cc1. The predicted molar refractivity (Wildman–Crippen MR) is 169 cm³/mol. The van der Waals surface area contributed by atoms with Gasteiger partial charge in [-0.25, -0.2) is 15.0 Å². The highest BCUT2D eigenvalue weighted by atomic mass is 35.5. The molecular weight excluding hydrogens is 554 g/mol. The second kappa shape index (κ2) is 11.8. The number of aryl methyl sites for hydroxylation is 1. The number of Topliss-reactive ketones (excluding diaryl/α,β-unsaturated/α-hetero) is 1. The fourth-order valence-corrected chi connectivity index (χ4v) is 6.54. The molecule has 1 aliphatic rings. The van der Waals surface area contributed by atoms with Crippen molar-refractivity contribution in [1.82, 2.24) is 19.9 Å². The number of fused-ring (bicyclic) bond motifs is 1. The Morgan fingerprint density at radius 2 is 1.73 bits per heavy atom. The molecule has 2 aromatic carbocycles. The van der Waals surface area contributed by atoms with Crippen LogP contribution in [0.2, 0.25) is 5.02 Å². The van der Waals surface area contributed by atoms with Crippen LogP contribution in [0.5, 0.6) is 0 Å². The first-order valence-corrected chi connectivity index (χ1v) is 15.3. The number of benzene rings is 2. The zero-order chi connectivity index (χ0) is 29.5. The Morgan fingerprint density at radius 1 is 1.05 bits per heavy atom. The van der Waals surface area contributed by atoms with E-state index in [1.807, 2.05) is 64.2 Å². The van der Waals surface area contributed by atoms with Crippen LogP contribution >= 0.6 is 22.9 Å². The highest BCUT2D eigenvalue weighted by Crippen LogP contribution is 2.44. The van der Waals surface area contributed by atoms with E-state index in [1.54, 1.807) is 18.3 Å². The molecule has 7 nitrogen and oxygen atoms in total. The van der Waals surface area contributed by atoms with Crippen molar-refractivity contribution < 1.29 is 9.53 Å². The Labute approximate surface area is 251 Å². The average molecular weight is 592 g/mol. The van der Waals surface area contributed by atoms with Crippen molar-refractivity contribution >= 4 is 44.9 Å². The Morgan fingerprint density at radius 3 is 2.34 bits per heavy atom. The predicted octanol–water partition coefficient (Wildman–Crippen LogP) is 7.36. The van der Waals surface area contributed by atoms with E-state index >= 15 is 0 Å². The van der Waals surface area contributed by atoms with E-state index in [-0.39, 0.29) is 5.78 Å². The van der Waals surface area contributed by atoms with Crippen LogP contribution in [0.4, 0.5) is 5.95 Å². The van der Waals surface area contributed by atoms with Crippen LogP contribution in [0.3, 0.4) is 0 Å². The first kappa shape index (κ1) is 29.6. The van der Waals surface area contributed by atoms with Gasteiger partial charge in [0.25, 0.3) is 0 Å². The quantitative estimate of drug-likeness (QED) is 0.222. The van der Waals surface area contributed by atoms with E-state index in [4.69, 9.17) is 26.3 Å². The molecule has 1 fully saturated rings. The topological polar surface area (TPSA) is 71.5 Å². The highest BCUT2D eigenvalue weighted by molar-refractivity contribution is 7.22. The molecule has 1 atom stereocenters. The third-order valence-electron chi connectivity index (χ3n) is 7.35. The fraction of sp³-hybridized carbons (Fsp3) is 0.438. The Kier molecular flexibility index (Phi) is 8.48. The molecule has 41 heavy (non-hydrogen) atoms. The van der Waals surface area contributed by atoms with Crippen molar-refractivity contribution in [3.63, 3.8) is 0 Å². The number of halogens is 1. The van der Waals surface area contributed by atoms with Crippen molar-refractivity contribution in [2.75, 3.05) is 31.1 Å². The van der Waals surface area contributed by atoms with Gasteiger partial charge in [0.1, 0.15) is 16.8 Å². The summed E-state index contributed by atoms with van der Waals surface area (Å²) in [7, 11) is 0. The van der Waals surface area contributed by atoms with Gasteiger partial charge in [-0.1, -0.05) is 23.7 Å². The lowest BCUT2D eigenvalue weighted by Gasteiger charge is -2.36. The molecule has 0 unspecified atom stereocenters. The summed E-state index contributed by atoms with van der Waals surface area (Å²) in [6.45, 7) is 17.8. The number of ketones is 1. The van der Waals surface area contributed by atoms with Gasteiger partial charge in [-0.3, -0.25) is 9.69 Å². The van der Waals surface area contributed by atoms with Crippen LogP contribution in [0.25, 0.3) is 32.0 Å². The van der Waals surface area contributed by atoms with E-state index in [0.29, 0.717) is 11.1 Å². The van der Waals surface area contributed by atoms with Gasteiger partial charge in [0.15, 0.2) is 5.78 Å². The van der Waals surface area contributed by atoms with Crippen molar-refractivity contribution in [2.24, 2.45) is 0 Å². The number of thiazole rings is 1. The Bertz CT molecular complexity index is 1550. The van der Waals surface area contributed by atoms with Crippen molar-refractivity contribution in [3.8, 4) is 21.8 Å². The maximum atomic E-state index is 13.0. The standard InChI is InChI=1S/C32H38ClN5O2S/c1-19(2)37-14-16-38(17-15-37)31-34-13-12-24(36-31)30-35-25-18-20(3)26(28(21(4)39)40-32(5,6)7)27(29(25)41-30)22-8-10-23(33)11-9-22/h8-13,18-19,28H,14-17H2,1-7H3/t28-/m1/s1. The molecule has 5 rings (SSSR count). The average Bonchev–Trinajstić information content (AvgIpc) is 3.35. The minimum Gasteiger partial charge on any atom is -0.360 e. The van der Waals surface area contributed by atoms with Crippen LogP contribution in [0, 0.1) is 6.92 Å². The van der Waals surface area contributed by atoms with Crippen LogP contribution in [-0.4, -0.2) is 63.5 Å². The van der Waals surface area contributed by atoms with Gasteiger partial charge in [-0.05, 0) is 83.9 Å². The van der Waals surface area contributed by atoms with Gasteiger partial charge in [-0.15, -0.1) is 11.3 Å². The van der Waals surface area contributed by atoms with E-state index in [1.165, 1.54) is 0 Å². The first-order valence-electron chi connectivity index (χ1n) is 14.1. The van der Waals surface area contributed by atoms with Crippen LogP contribution in [0.15, 0.2) is 42.6 Å². The molecular formula is C32H38ClN5O2S. The number of piperazine rings is 1. The van der Waals surface area contributed by atoms with E-state index in [0.717, 1.165) is 75.3 Å². The molecule has 0 amide bonds. The molecule has 0 spiro atoms. The fourth-order valence-electron chi connectivity index (χ4n) is 5.32. The number of carbonyl (C=O) groups is 1. The highest BCUT2D eigenvalue weighted by Gasteiger charge is 2.30. The summed E-state index contributed by atoms with van der Waals surface area (Å²) in [6, 6.07) is 12.2. The summed E-state index contributed by atoms with van der Waals surface area (Å²) in [5, 5.41) is 1.47. The molecule has 1 aliphatic heterocycles. The van der Waals surface area contributed by atoms with Crippen molar-refractivity contribution in [2.45, 2.75) is 66.2 Å². The van der Waals surface area contributed by atoms with Gasteiger partial charge in [-0.2, -0.15) is 0 Å². The summed E-state index contributed by atoms with van der Waals surface area (Å²) >= 11 is 7.84. The molecule has 3 heterocycles. The maximum Gasteiger partial charge on any atom is 0.226 e. The zero-order valence-electron chi connectivity index (χ0n) is 24.9. The van der Waals surface area contributed by atoms with E-state index < -0.39 is 11.7 Å². The number of hydrogen-bond acceptors (Lipinski definition) is 8. The lowest BCUT2D eigenvalue weighted by molar-refractivity contribution is -0.138. The molecule has 0 N–H and O–H groups in total. The molecule has 4 aromatic rings. The van der Waals surface area contributed by atoms with Crippen LogP contribution in [-0.2, 0) is 9.53 Å². The third kappa shape index (κ3) is 6.46. The molecule has 0 aliphatic carbocycles. The molecule has 0 radical (unpaired) electrons. The number of ether oxygens (including phenoxy) is 1. The van der Waals surface area contributed by atoms with Crippen molar-refractivity contribution in [3.05, 3.63) is 58.7 Å². The Balaban J connectivity index is 1.62. The molecule has 0 saturated carbocycles. The largest absolute Gasteiger partial charge is 0.360 e. The smallest absolute Gasteiger partial charge is 0.226 e. The zero-order valence-corrected chi connectivity index (χ0v) is 26.4. The van der Waals surface area contributed by atoms with E-state index in [2.05, 4.69) is 34.7 Å². The first-order chi connectivity index (χ1) is 19.4. The lowest BCUT2D eigenvalue weighted by Crippen LogP contribution is -2.49. The number of nitrogens with zero attached hydrogens (tertiary/aromatic N) is 5. The summed E-state index contributed by atoms with van der Waals surface area (Å²) in [5.41, 5.74) is 4.87. The molecule has 0 bridgehead atoms. The van der Waals surface area contributed by atoms with Crippen LogP contribution in [0.1, 0.15) is 58.8 Å². The summed E-state index contributed by atoms with van der Waals surface area (Å²) in [5.74, 6) is 0.690.